The van der Waals surface area contributed by atoms with Gasteiger partial charge in [0.05, 0.1) is 6.61 Å². The zero-order valence-corrected chi connectivity index (χ0v) is 11.2. The lowest BCUT2D eigenvalue weighted by atomic mass is 10.2. The van der Waals surface area contributed by atoms with Gasteiger partial charge in [-0.05, 0) is 49.9 Å². The molecule has 18 heavy (non-hydrogen) atoms. The Bertz CT molecular complexity index is 333. The van der Waals surface area contributed by atoms with Gasteiger partial charge in [0.1, 0.15) is 12.4 Å². The first-order chi connectivity index (χ1) is 8.88. The quantitative estimate of drug-likeness (QED) is 0.682. The first-order valence-electron chi connectivity index (χ1n) is 6.88. The fourth-order valence-electron chi connectivity index (χ4n) is 1.81. The summed E-state index contributed by atoms with van der Waals surface area (Å²) in [6.45, 7) is 6.12. The predicted molar refractivity (Wildman–Crippen MR) is 72.9 cm³/mol. The molecule has 1 saturated carbocycles. The second-order valence-corrected chi connectivity index (χ2v) is 4.76. The van der Waals surface area contributed by atoms with Gasteiger partial charge in [-0.15, -0.1) is 0 Å². The molecule has 0 aliphatic heterocycles. The van der Waals surface area contributed by atoms with Crippen molar-refractivity contribution in [2.24, 2.45) is 5.92 Å². The summed E-state index contributed by atoms with van der Waals surface area (Å²) < 4.78 is 10.8. The van der Waals surface area contributed by atoms with Gasteiger partial charge in [-0.2, -0.15) is 0 Å². The van der Waals surface area contributed by atoms with Gasteiger partial charge in [0.2, 0.25) is 0 Å². The van der Waals surface area contributed by atoms with Crippen LogP contribution in [-0.2, 0) is 11.3 Å². The first kappa shape index (κ1) is 13.4. The van der Waals surface area contributed by atoms with E-state index in [-0.39, 0.29) is 0 Å². The minimum atomic E-state index is 0.618. The van der Waals surface area contributed by atoms with Crippen LogP contribution in [0.1, 0.15) is 25.3 Å². The molecular weight excluding hydrogens is 226 g/mol. The molecule has 3 nitrogen and oxygen atoms in total. The lowest BCUT2D eigenvalue weighted by Crippen LogP contribution is -2.15. The topological polar surface area (TPSA) is 30.5 Å². The van der Waals surface area contributed by atoms with Crippen molar-refractivity contribution in [2.45, 2.75) is 26.3 Å². The van der Waals surface area contributed by atoms with E-state index < -0.39 is 0 Å². The Balaban J connectivity index is 1.64. The molecule has 1 N–H and O–H groups in total. The second kappa shape index (κ2) is 7.39. The fourth-order valence-corrected chi connectivity index (χ4v) is 1.81. The molecule has 0 saturated heterocycles. The highest BCUT2D eigenvalue weighted by atomic mass is 16.5. The molecule has 1 aromatic carbocycles. The normalized spacial score (nSPS) is 14.7. The number of ether oxygens (including phenoxy) is 2. The standard InChI is InChI=1S/C15H23NO2/c1-2-17-9-10-18-15-7-5-14(6-8-15)12-16-11-13-3-4-13/h5-8,13,16H,2-4,9-12H2,1H3. The lowest BCUT2D eigenvalue weighted by Gasteiger charge is -2.08. The van der Waals surface area contributed by atoms with E-state index in [1.54, 1.807) is 0 Å². The highest BCUT2D eigenvalue weighted by Gasteiger charge is 2.19. The molecule has 100 valence electrons. The minimum absolute atomic E-state index is 0.618. The molecule has 0 atom stereocenters. The van der Waals surface area contributed by atoms with Gasteiger partial charge < -0.3 is 14.8 Å². The Kier molecular flexibility index (Phi) is 5.49. The van der Waals surface area contributed by atoms with Crippen molar-refractivity contribution in [3.05, 3.63) is 29.8 Å². The fraction of sp³-hybridized carbons (Fsp3) is 0.600. The van der Waals surface area contributed by atoms with Gasteiger partial charge in [0, 0.05) is 13.2 Å². The maximum absolute atomic E-state index is 5.57. The molecule has 0 amide bonds. The van der Waals surface area contributed by atoms with Crippen molar-refractivity contribution in [3.8, 4) is 5.75 Å². The van der Waals surface area contributed by atoms with E-state index in [1.165, 1.54) is 18.4 Å². The summed E-state index contributed by atoms with van der Waals surface area (Å²) in [5, 5.41) is 3.48. The van der Waals surface area contributed by atoms with Crippen LogP contribution < -0.4 is 10.1 Å². The third kappa shape index (κ3) is 5.07. The van der Waals surface area contributed by atoms with Crippen molar-refractivity contribution >= 4 is 0 Å². The van der Waals surface area contributed by atoms with Gasteiger partial charge in [0.25, 0.3) is 0 Å². The number of nitrogens with one attached hydrogen (secondary N) is 1. The average molecular weight is 249 g/mol. The van der Waals surface area contributed by atoms with Crippen LogP contribution in [0.4, 0.5) is 0 Å². The third-order valence-corrected chi connectivity index (χ3v) is 3.08. The number of benzene rings is 1. The first-order valence-corrected chi connectivity index (χ1v) is 6.88. The monoisotopic (exact) mass is 249 g/mol. The lowest BCUT2D eigenvalue weighted by molar-refractivity contribution is 0.110. The van der Waals surface area contributed by atoms with Gasteiger partial charge in [0.15, 0.2) is 0 Å². The van der Waals surface area contributed by atoms with Crippen LogP contribution >= 0.6 is 0 Å². The molecule has 1 fully saturated rings. The van der Waals surface area contributed by atoms with Crippen LogP contribution in [0.3, 0.4) is 0 Å². The molecule has 0 heterocycles. The SMILES string of the molecule is CCOCCOc1ccc(CNCC2CC2)cc1. The van der Waals surface area contributed by atoms with Crippen LogP contribution in [-0.4, -0.2) is 26.4 Å². The summed E-state index contributed by atoms with van der Waals surface area (Å²) >= 11 is 0. The van der Waals surface area contributed by atoms with E-state index in [2.05, 4.69) is 17.4 Å². The van der Waals surface area contributed by atoms with Crippen molar-refractivity contribution in [1.29, 1.82) is 0 Å². The number of rotatable bonds is 9. The van der Waals surface area contributed by atoms with E-state index in [1.807, 2.05) is 19.1 Å². The molecule has 0 unspecified atom stereocenters. The highest BCUT2D eigenvalue weighted by molar-refractivity contribution is 5.27. The zero-order chi connectivity index (χ0) is 12.6. The van der Waals surface area contributed by atoms with Crippen LogP contribution in [0, 0.1) is 5.92 Å². The minimum Gasteiger partial charge on any atom is -0.491 e. The molecule has 0 radical (unpaired) electrons. The van der Waals surface area contributed by atoms with Gasteiger partial charge in [-0.25, -0.2) is 0 Å². The molecular formula is C15H23NO2. The van der Waals surface area contributed by atoms with E-state index in [9.17, 15) is 0 Å². The van der Waals surface area contributed by atoms with E-state index in [0.29, 0.717) is 13.2 Å². The van der Waals surface area contributed by atoms with Crippen LogP contribution in [0.25, 0.3) is 0 Å². The molecule has 0 spiro atoms. The molecule has 0 aromatic heterocycles. The maximum Gasteiger partial charge on any atom is 0.119 e. The molecule has 1 aliphatic rings. The van der Waals surface area contributed by atoms with Crippen molar-refractivity contribution in [2.75, 3.05) is 26.4 Å². The Hall–Kier alpha value is -1.06. The Labute approximate surface area is 109 Å². The maximum atomic E-state index is 5.57. The van der Waals surface area contributed by atoms with E-state index in [0.717, 1.165) is 31.4 Å². The predicted octanol–water partition coefficient (Wildman–Crippen LogP) is 2.60. The summed E-state index contributed by atoms with van der Waals surface area (Å²) in [7, 11) is 0. The molecule has 1 aromatic rings. The van der Waals surface area contributed by atoms with E-state index in [4.69, 9.17) is 9.47 Å². The van der Waals surface area contributed by atoms with Gasteiger partial charge in [-0.3, -0.25) is 0 Å². The van der Waals surface area contributed by atoms with Crippen molar-refractivity contribution in [1.82, 2.24) is 5.32 Å². The molecule has 2 rings (SSSR count). The number of hydrogen-bond donors (Lipinski definition) is 1. The highest BCUT2D eigenvalue weighted by Crippen LogP contribution is 2.27. The molecule has 0 bridgehead atoms. The summed E-state index contributed by atoms with van der Waals surface area (Å²) in [6.07, 6.45) is 2.80. The van der Waals surface area contributed by atoms with Crippen LogP contribution in [0.2, 0.25) is 0 Å². The van der Waals surface area contributed by atoms with Gasteiger partial charge >= 0.3 is 0 Å². The Morgan fingerprint density at radius 3 is 2.61 bits per heavy atom. The zero-order valence-electron chi connectivity index (χ0n) is 11.2. The summed E-state index contributed by atoms with van der Waals surface area (Å²) in [4.78, 5) is 0. The average Bonchev–Trinajstić information content (AvgIpc) is 3.21. The molecule has 3 heteroatoms. The van der Waals surface area contributed by atoms with Gasteiger partial charge in [-0.1, -0.05) is 12.1 Å². The van der Waals surface area contributed by atoms with Crippen molar-refractivity contribution < 1.29 is 9.47 Å². The summed E-state index contributed by atoms with van der Waals surface area (Å²) in [5.74, 6) is 1.85. The van der Waals surface area contributed by atoms with Crippen LogP contribution in [0.15, 0.2) is 24.3 Å². The number of hydrogen-bond acceptors (Lipinski definition) is 3. The Morgan fingerprint density at radius 1 is 1.17 bits per heavy atom. The second-order valence-electron chi connectivity index (χ2n) is 4.76. The van der Waals surface area contributed by atoms with Crippen LogP contribution in [0.5, 0.6) is 5.75 Å². The summed E-state index contributed by atoms with van der Waals surface area (Å²) in [6, 6.07) is 8.30. The van der Waals surface area contributed by atoms with Crippen molar-refractivity contribution in [3.63, 3.8) is 0 Å². The smallest absolute Gasteiger partial charge is 0.119 e. The summed E-state index contributed by atoms with van der Waals surface area (Å²) in [5.41, 5.74) is 1.31. The molecule has 1 aliphatic carbocycles. The third-order valence-electron chi connectivity index (χ3n) is 3.08. The van der Waals surface area contributed by atoms with E-state index >= 15 is 0 Å². The Morgan fingerprint density at radius 2 is 1.94 bits per heavy atom. The largest absolute Gasteiger partial charge is 0.491 e.